The summed E-state index contributed by atoms with van der Waals surface area (Å²) in [6.07, 6.45) is 4.64. The van der Waals surface area contributed by atoms with Crippen molar-refractivity contribution in [2.45, 2.75) is 13.1 Å². The van der Waals surface area contributed by atoms with Gasteiger partial charge in [0, 0.05) is 11.9 Å². The first-order chi connectivity index (χ1) is 12.0. The van der Waals surface area contributed by atoms with Gasteiger partial charge in [0.1, 0.15) is 6.54 Å². The molecule has 0 aliphatic heterocycles. The van der Waals surface area contributed by atoms with E-state index in [4.69, 9.17) is 11.6 Å². The topological polar surface area (TPSA) is 108 Å². The van der Waals surface area contributed by atoms with Gasteiger partial charge in [0.15, 0.2) is 0 Å². The molecule has 0 saturated carbocycles. The van der Waals surface area contributed by atoms with Crippen LogP contribution in [0.1, 0.15) is 5.56 Å². The first-order valence-corrected chi connectivity index (χ1v) is 7.62. The van der Waals surface area contributed by atoms with Gasteiger partial charge in [0.05, 0.1) is 35.1 Å². The summed E-state index contributed by atoms with van der Waals surface area (Å²) in [7, 11) is 0. The van der Waals surface area contributed by atoms with Crippen LogP contribution < -0.4 is 5.32 Å². The van der Waals surface area contributed by atoms with Gasteiger partial charge in [-0.15, -0.1) is 0 Å². The van der Waals surface area contributed by atoms with E-state index in [1.54, 1.807) is 23.1 Å². The lowest BCUT2D eigenvalue weighted by Crippen LogP contribution is -2.19. The number of carbonyl (C=O) groups excluding carboxylic acids is 1. The Bertz CT molecular complexity index is 919. The highest BCUT2D eigenvalue weighted by Gasteiger charge is 2.13. The van der Waals surface area contributed by atoms with E-state index in [-0.39, 0.29) is 18.3 Å². The molecule has 1 N–H and O–H groups in total. The van der Waals surface area contributed by atoms with Gasteiger partial charge >= 0.3 is 5.82 Å². The number of carbonyl (C=O) groups is 1. The molecule has 0 aliphatic rings. The average molecular weight is 361 g/mol. The van der Waals surface area contributed by atoms with Crippen molar-refractivity contribution < 1.29 is 9.72 Å². The normalized spacial score (nSPS) is 10.6. The monoisotopic (exact) mass is 360 g/mol. The molecule has 1 aromatic carbocycles. The minimum absolute atomic E-state index is 0.118. The number of benzene rings is 1. The maximum absolute atomic E-state index is 12.1. The molecule has 128 valence electrons. The summed E-state index contributed by atoms with van der Waals surface area (Å²) in [5, 5.41) is 21.7. The SMILES string of the molecule is O=C(Cn1ccc([N+](=O)[O-])n1)Nc1cccc(Cn2cc(Cl)cn2)c1. The molecule has 0 atom stereocenters. The second kappa shape index (κ2) is 7.14. The summed E-state index contributed by atoms with van der Waals surface area (Å²) in [6, 6.07) is 8.53. The van der Waals surface area contributed by atoms with Crippen LogP contribution in [0, 0.1) is 10.1 Å². The molecule has 25 heavy (non-hydrogen) atoms. The molecule has 1 amide bonds. The van der Waals surface area contributed by atoms with E-state index >= 15 is 0 Å². The molecule has 10 heteroatoms. The van der Waals surface area contributed by atoms with Crippen molar-refractivity contribution in [2.75, 3.05) is 5.32 Å². The van der Waals surface area contributed by atoms with E-state index in [9.17, 15) is 14.9 Å². The number of hydrogen-bond donors (Lipinski definition) is 1. The number of anilines is 1. The van der Waals surface area contributed by atoms with Crippen LogP contribution in [0.2, 0.25) is 5.02 Å². The van der Waals surface area contributed by atoms with Crippen molar-refractivity contribution >= 4 is 29.0 Å². The van der Waals surface area contributed by atoms with E-state index in [1.165, 1.54) is 16.9 Å². The molecule has 3 rings (SSSR count). The number of amides is 1. The predicted molar refractivity (Wildman–Crippen MR) is 90.3 cm³/mol. The van der Waals surface area contributed by atoms with Gasteiger partial charge in [-0.25, -0.2) is 0 Å². The van der Waals surface area contributed by atoms with Crippen LogP contribution in [0.15, 0.2) is 48.9 Å². The Morgan fingerprint density at radius 2 is 2.16 bits per heavy atom. The van der Waals surface area contributed by atoms with Gasteiger partial charge in [-0.2, -0.15) is 9.78 Å². The molecule has 0 spiro atoms. The van der Waals surface area contributed by atoms with Gasteiger partial charge in [0.2, 0.25) is 5.91 Å². The highest BCUT2D eigenvalue weighted by Crippen LogP contribution is 2.13. The van der Waals surface area contributed by atoms with Crippen LogP contribution in [0.3, 0.4) is 0 Å². The molecular weight excluding hydrogens is 348 g/mol. The third-order valence-corrected chi connectivity index (χ3v) is 3.47. The van der Waals surface area contributed by atoms with Gasteiger partial charge in [-0.05, 0) is 22.6 Å². The largest absolute Gasteiger partial charge is 0.389 e. The van der Waals surface area contributed by atoms with Crippen molar-refractivity contribution in [3.8, 4) is 0 Å². The van der Waals surface area contributed by atoms with Crippen LogP contribution in [-0.4, -0.2) is 30.4 Å². The highest BCUT2D eigenvalue weighted by atomic mass is 35.5. The van der Waals surface area contributed by atoms with E-state index in [1.807, 2.05) is 18.2 Å². The Morgan fingerprint density at radius 3 is 2.84 bits per heavy atom. The molecule has 0 aliphatic carbocycles. The molecule has 0 fully saturated rings. The minimum Gasteiger partial charge on any atom is -0.358 e. The first kappa shape index (κ1) is 16.7. The third-order valence-electron chi connectivity index (χ3n) is 3.28. The third kappa shape index (κ3) is 4.42. The van der Waals surface area contributed by atoms with Crippen LogP contribution in [0.4, 0.5) is 11.5 Å². The van der Waals surface area contributed by atoms with Crippen molar-refractivity contribution in [1.29, 1.82) is 0 Å². The standard InChI is InChI=1S/C15H13ClN6O3/c16-12-7-17-21(9-12)8-11-2-1-3-13(6-11)18-15(23)10-20-5-4-14(19-20)22(24)25/h1-7,9H,8,10H2,(H,18,23). The highest BCUT2D eigenvalue weighted by molar-refractivity contribution is 6.30. The van der Waals surface area contributed by atoms with E-state index < -0.39 is 4.92 Å². The lowest BCUT2D eigenvalue weighted by Gasteiger charge is -2.07. The van der Waals surface area contributed by atoms with Crippen LogP contribution >= 0.6 is 11.6 Å². The Balaban J connectivity index is 1.62. The van der Waals surface area contributed by atoms with E-state index in [0.29, 0.717) is 17.3 Å². The number of nitro groups is 1. The first-order valence-electron chi connectivity index (χ1n) is 7.24. The maximum Gasteiger partial charge on any atom is 0.389 e. The van der Waals surface area contributed by atoms with Crippen LogP contribution in [-0.2, 0) is 17.9 Å². The van der Waals surface area contributed by atoms with Crippen LogP contribution in [0.5, 0.6) is 0 Å². The van der Waals surface area contributed by atoms with E-state index in [2.05, 4.69) is 15.5 Å². The summed E-state index contributed by atoms with van der Waals surface area (Å²) >= 11 is 5.83. The fraction of sp³-hybridized carbons (Fsp3) is 0.133. The molecule has 2 aromatic heterocycles. The summed E-state index contributed by atoms with van der Waals surface area (Å²) in [6.45, 7) is 0.397. The number of halogens is 1. The molecule has 3 aromatic rings. The van der Waals surface area contributed by atoms with Crippen molar-refractivity contribution in [1.82, 2.24) is 19.6 Å². The smallest absolute Gasteiger partial charge is 0.358 e. The summed E-state index contributed by atoms with van der Waals surface area (Å²) in [4.78, 5) is 22.0. The molecule has 0 bridgehead atoms. The molecule has 2 heterocycles. The summed E-state index contributed by atoms with van der Waals surface area (Å²) in [5.41, 5.74) is 1.55. The zero-order chi connectivity index (χ0) is 17.8. The van der Waals surface area contributed by atoms with Gasteiger partial charge in [-0.1, -0.05) is 23.7 Å². The second-order valence-corrected chi connectivity index (χ2v) is 5.67. The second-order valence-electron chi connectivity index (χ2n) is 5.23. The molecule has 0 radical (unpaired) electrons. The fourth-order valence-corrected chi connectivity index (χ4v) is 2.40. The molecular formula is C15H13ClN6O3. The summed E-state index contributed by atoms with van der Waals surface area (Å²) in [5.74, 6) is -0.634. The Kier molecular flexibility index (Phi) is 4.75. The maximum atomic E-state index is 12.1. The quantitative estimate of drug-likeness (QED) is 0.536. The number of rotatable bonds is 6. The number of hydrogen-bond acceptors (Lipinski definition) is 5. The fourth-order valence-electron chi connectivity index (χ4n) is 2.24. The minimum atomic E-state index is -0.612. The Hall–Kier alpha value is -3.20. The lowest BCUT2D eigenvalue weighted by atomic mass is 10.2. The number of aromatic nitrogens is 4. The predicted octanol–water partition coefficient (Wildman–Crippen LogP) is 2.33. The summed E-state index contributed by atoms with van der Waals surface area (Å²) < 4.78 is 2.90. The Labute approximate surface area is 147 Å². The van der Waals surface area contributed by atoms with Gasteiger partial charge in [-0.3, -0.25) is 9.48 Å². The van der Waals surface area contributed by atoms with Crippen molar-refractivity contribution in [3.05, 3.63) is 69.6 Å². The zero-order valence-corrected chi connectivity index (χ0v) is 13.6. The lowest BCUT2D eigenvalue weighted by molar-refractivity contribution is -0.389. The molecule has 0 unspecified atom stereocenters. The van der Waals surface area contributed by atoms with E-state index in [0.717, 1.165) is 5.56 Å². The molecule has 9 nitrogen and oxygen atoms in total. The van der Waals surface area contributed by atoms with Gasteiger partial charge in [0.25, 0.3) is 0 Å². The van der Waals surface area contributed by atoms with Crippen LogP contribution in [0.25, 0.3) is 0 Å². The number of nitrogens with one attached hydrogen (secondary N) is 1. The average Bonchev–Trinajstić information content (AvgIpc) is 3.17. The van der Waals surface area contributed by atoms with Gasteiger partial charge < -0.3 is 15.4 Å². The van der Waals surface area contributed by atoms with Crippen molar-refractivity contribution in [2.24, 2.45) is 0 Å². The molecule has 0 saturated heterocycles. The number of nitrogens with zero attached hydrogens (tertiary/aromatic N) is 5. The zero-order valence-electron chi connectivity index (χ0n) is 12.9. The van der Waals surface area contributed by atoms with Crippen molar-refractivity contribution in [3.63, 3.8) is 0 Å². The Morgan fingerprint density at radius 1 is 1.32 bits per heavy atom.